The number of nitrogens with zero attached hydrogens (tertiary/aromatic N) is 2. The number of esters is 2. The molecule has 7 unspecified atom stereocenters. The molecule has 7 atom stereocenters. The zero-order valence-electron chi connectivity index (χ0n) is 58.9. The van der Waals surface area contributed by atoms with Gasteiger partial charge in [-0.25, -0.2) is 0 Å². The van der Waals surface area contributed by atoms with Gasteiger partial charge < -0.3 is 36.1 Å². The Balaban J connectivity index is 0.000000293. The summed E-state index contributed by atoms with van der Waals surface area (Å²) in [4.78, 5) is 30.0. The monoisotopic (exact) mass is 1270 g/mol. The first-order valence-corrected chi connectivity index (χ1v) is 34.3. The summed E-state index contributed by atoms with van der Waals surface area (Å²) in [6.45, 7) is 34.3. The molecule has 7 aromatic rings. The molecule has 506 valence electrons. The van der Waals surface area contributed by atoms with E-state index in [9.17, 15) is 14.7 Å². The minimum absolute atomic E-state index is 0.139. The highest BCUT2D eigenvalue weighted by Gasteiger charge is 2.29. The highest BCUT2D eigenvalue weighted by molar-refractivity contribution is 5.76. The van der Waals surface area contributed by atoms with E-state index in [2.05, 4.69) is 216 Å². The van der Waals surface area contributed by atoms with Crippen LogP contribution in [0.5, 0.6) is 0 Å². The van der Waals surface area contributed by atoms with Crippen LogP contribution < -0.4 is 16.4 Å². The van der Waals surface area contributed by atoms with E-state index in [1.54, 1.807) is 0 Å². The molecule has 0 heterocycles. The molecule has 0 aromatic heterocycles. The zero-order valence-corrected chi connectivity index (χ0v) is 58.9. The van der Waals surface area contributed by atoms with Crippen molar-refractivity contribution < 1.29 is 29.3 Å². The van der Waals surface area contributed by atoms with E-state index < -0.39 is 6.04 Å². The standard InChI is InChI=1S/C34H46N2O2.C26H40N2O.C14H21NO2.C8H10O/c1-6-28(5)33(36(23-29-13-9-7-10-14-29)24-30-15-11-8-12-16-30)22-35-32(21-26(2)3)34(37)38-25-31-19-17-27(4)18-20-31;1-5-22(4)26(17-27-25(20-29)16-21(2)3)28(18-23-12-8-6-9-13-23)19-24-14-10-7-11-15-24;1-10(2)8-13(15)14(16)17-9-12-6-4-11(3)5-7-12;1-7-2-4-8(6-9)5-3-7/h7-20,26,28,32-33,35H,6,21-25H2,1-5H3;6-15,21-22,25-27,29H,5,16-20H2,1-4H3;4-7,10,13H,8-9,15H2,1-3H3;2-5,9H,6H2,1H3. The van der Waals surface area contributed by atoms with Crippen molar-refractivity contribution in [1.29, 1.82) is 0 Å². The van der Waals surface area contributed by atoms with Crippen molar-refractivity contribution in [2.75, 3.05) is 19.7 Å². The summed E-state index contributed by atoms with van der Waals surface area (Å²) in [6, 6.07) is 66.7. The molecule has 0 saturated heterocycles. The SMILES string of the molecule is CCC(C)C(CNC(CC(C)C)C(=O)OCc1ccc(C)cc1)N(Cc1ccccc1)Cc1ccccc1.CCC(C)C(CNC(CO)CC(C)C)N(Cc1ccccc1)Cc1ccccc1.Cc1ccc(CO)cc1.Cc1ccc(COC(=O)C(N)CC(C)C)cc1. The summed E-state index contributed by atoms with van der Waals surface area (Å²) < 4.78 is 11.0. The fraction of sp³-hybridized carbons (Fsp3) is 0.463. The van der Waals surface area contributed by atoms with Crippen molar-refractivity contribution in [3.63, 3.8) is 0 Å². The summed E-state index contributed by atoms with van der Waals surface area (Å²) in [5, 5.41) is 25.8. The topological polar surface area (TPSA) is 150 Å². The third kappa shape index (κ3) is 32.3. The number of benzene rings is 7. The van der Waals surface area contributed by atoms with Gasteiger partial charge >= 0.3 is 11.9 Å². The lowest BCUT2D eigenvalue weighted by atomic mass is 9.95. The molecule has 11 nitrogen and oxygen atoms in total. The Labute approximate surface area is 561 Å². The average Bonchev–Trinajstić information content (AvgIpc) is 1.34. The van der Waals surface area contributed by atoms with Crippen LogP contribution in [0.25, 0.3) is 0 Å². The maximum atomic E-state index is 13.2. The molecule has 11 heteroatoms. The second kappa shape index (κ2) is 44.7. The molecular formula is C82H117N5O6. The second-order valence-corrected chi connectivity index (χ2v) is 26.7. The fourth-order valence-electron chi connectivity index (χ4n) is 11.0. The van der Waals surface area contributed by atoms with E-state index in [-0.39, 0.29) is 43.3 Å². The van der Waals surface area contributed by atoms with Crippen molar-refractivity contribution in [2.24, 2.45) is 35.3 Å². The van der Waals surface area contributed by atoms with Gasteiger partial charge in [-0.1, -0.05) is 293 Å². The number of rotatable bonds is 34. The summed E-state index contributed by atoms with van der Waals surface area (Å²) >= 11 is 0. The van der Waals surface area contributed by atoms with Crippen LogP contribution in [0.15, 0.2) is 194 Å². The largest absolute Gasteiger partial charge is 0.460 e. The Morgan fingerprint density at radius 1 is 0.419 bits per heavy atom. The van der Waals surface area contributed by atoms with Crippen LogP contribution in [0.4, 0.5) is 0 Å². The normalized spacial score (nSPS) is 13.5. The molecule has 7 rings (SSSR count). The quantitative estimate of drug-likeness (QED) is 0.0245. The molecule has 0 aliphatic rings. The predicted octanol–water partition coefficient (Wildman–Crippen LogP) is 16.2. The lowest BCUT2D eigenvalue weighted by molar-refractivity contribution is -0.148. The molecule has 0 spiro atoms. The van der Waals surface area contributed by atoms with Crippen molar-refractivity contribution in [2.45, 2.75) is 198 Å². The minimum Gasteiger partial charge on any atom is -0.460 e. The number of hydrogen-bond acceptors (Lipinski definition) is 11. The van der Waals surface area contributed by atoms with Crippen LogP contribution in [0.1, 0.15) is 157 Å². The molecule has 0 bridgehead atoms. The van der Waals surface area contributed by atoms with Gasteiger partial charge in [0.15, 0.2) is 0 Å². The van der Waals surface area contributed by atoms with E-state index in [1.807, 2.05) is 88.4 Å². The molecule has 0 amide bonds. The van der Waals surface area contributed by atoms with E-state index in [1.165, 1.54) is 38.9 Å². The molecule has 0 aliphatic carbocycles. The Morgan fingerprint density at radius 3 is 1.05 bits per heavy atom. The van der Waals surface area contributed by atoms with Crippen LogP contribution in [-0.4, -0.2) is 81.9 Å². The summed E-state index contributed by atoms with van der Waals surface area (Å²) in [5.74, 6) is 1.89. The van der Waals surface area contributed by atoms with Gasteiger partial charge in [0.05, 0.1) is 13.2 Å². The highest BCUT2D eigenvalue weighted by Crippen LogP contribution is 2.24. The molecule has 7 aromatic carbocycles. The second-order valence-electron chi connectivity index (χ2n) is 26.7. The first kappa shape index (κ1) is 78.6. The number of aliphatic hydroxyl groups excluding tert-OH is 2. The number of nitrogens with one attached hydrogen (secondary N) is 2. The summed E-state index contributed by atoms with van der Waals surface area (Å²) in [6.07, 6.45) is 4.62. The van der Waals surface area contributed by atoms with Crippen molar-refractivity contribution in [3.8, 4) is 0 Å². The zero-order chi connectivity index (χ0) is 67.9. The number of ether oxygens (including phenoxy) is 2. The van der Waals surface area contributed by atoms with Gasteiger partial charge in [-0.2, -0.15) is 0 Å². The Kier molecular flexibility index (Phi) is 37.8. The molecule has 0 fully saturated rings. The summed E-state index contributed by atoms with van der Waals surface area (Å²) in [5.41, 5.74) is 17.6. The van der Waals surface area contributed by atoms with E-state index >= 15 is 0 Å². The van der Waals surface area contributed by atoms with Crippen LogP contribution >= 0.6 is 0 Å². The van der Waals surface area contributed by atoms with Crippen molar-refractivity contribution >= 4 is 11.9 Å². The molecular weight excluding hydrogens is 1150 g/mol. The Morgan fingerprint density at radius 2 is 0.742 bits per heavy atom. The van der Waals surface area contributed by atoms with Crippen LogP contribution in [0.3, 0.4) is 0 Å². The Hall–Kier alpha value is -6.80. The average molecular weight is 1270 g/mol. The number of hydrogen-bond donors (Lipinski definition) is 5. The van der Waals surface area contributed by atoms with Gasteiger partial charge in [-0.05, 0) is 109 Å². The van der Waals surface area contributed by atoms with Gasteiger partial charge in [-0.15, -0.1) is 0 Å². The lowest BCUT2D eigenvalue weighted by Gasteiger charge is -2.37. The third-order valence-electron chi connectivity index (χ3n) is 16.9. The number of aliphatic hydroxyl groups is 2. The fourth-order valence-corrected chi connectivity index (χ4v) is 11.0. The smallest absolute Gasteiger partial charge is 0.323 e. The van der Waals surface area contributed by atoms with Crippen LogP contribution in [0, 0.1) is 50.4 Å². The Bertz CT molecular complexity index is 2940. The van der Waals surface area contributed by atoms with Crippen molar-refractivity contribution in [3.05, 3.63) is 250 Å². The first-order valence-electron chi connectivity index (χ1n) is 34.3. The molecule has 93 heavy (non-hydrogen) atoms. The maximum absolute atomic E-state index is 13.2. The van der Waals surface area contributed by atoms with Crippen LogP contribution in [-0.2, 0) is 65.1 Å². The van der Waals surface area contributed by atoms with Gasteiger partial charge in [0.1, 0.15) is 25.3 Å². The van der Waals surface area contributed by atoms with E-state index in [0.29, 0.717) is 55.3 Å². The first-order chi connectivity index (χ1) is 44.7. The third-order valence-corrected chi connectivity index (χ3v) is 16.9. The minimum atomic E-state index is -0.513. The van der Waals surface area contributed by atoms with E-state index in [4.69, 9.17) is 20.3 Å². The van der Waals surface area contributed by atoms with Gasteiger partial charge in [-0.3, -0.25) is 19.4 Å². The molecule has 0 saturated carbocycles. The highest BCUT2D eigenvalue weighted by atomic mass is 16.5. The molecule has 0 aliphatic heterocycles. The molecule has 0 radical (unpaired) electrons. The predicted molar refractivity (Wildman–Crippen MR) is 387 cm³/mol. The number of carbonyl (C=O) groups is 2. The van der Waals surface area contributed by atoms with Gasteiger partial charge in [0.2, 0.25) is 0 Å². The van der Waals surface area contributed by atoms with Crippen LogP contribution in [0.2, 0.25) is 0 Å². The summed E-state index contributed by atoms with van der Waals surface area (Å²) in [7, 11) is 0. The molecule has 6 N–H and O–H groups in total. The van der Waals surface area contributed by atoms with Crippen molar-refractivity contribution in [1.82, 2.24) is 20.4 Å². The number of nitrogens with two attached hydrogens (primary N) is 1. The number of carbonyl (C=O) groups excluding carboxylic acids is 2. The maximum Gasteiger partial charge on any atom is 0.323 e. The van der Waals surface area contributed by atoms with Gasteiger partial charge in [0.25, 0.3) is 0 Å². The lowest BCUT2D eigenvalue weighted by Crippen LogP contribution is -2.50. The number of aryl methyl sites for hydroxylation is 3. The van der Waals surface area contributed by atoms with E-state index in [0.717, 1.165) is 81.6 Å². The van der Waals surface area contributed by atoms with Gasteiger partial charge in [0, 0.05) is 57.4 Å².